The Labute approximate surface area is 306 Å². The molecule has 1 unspecified atom stereocenters. The lowest BCUT2D eigenvalue weighted by Gasteiger charge is -2.36. The van der Waals surface area contributed by atoms with Gasteiger partial charge in [0.2, 0.25) is 0 Å². The van der Waals surface area contributed by atoms with E-state index in [4.69, 9.17) is 0 Å². The Morgan fingerprint density at radius 3 is 0.812 bits per heavy atom. The minimum Gasteiger partial charge on any atom is -0.304 e. The highest BCUT2D eigenvalue weighted by Gasteiger charge is 2.41. The topological polar surface area (TPSA) is 87.3 Å². The minimum atomic E-state index is -0.417. The van der Waals surface area contributed by atoms with E-state index < -0.39 is 16.6 Å². The van der Waals surface area contributed by atoms with Crippen molar-refractivity contribution in [1.29, 1.82) is 0 Å². The lowest BCUT2D eigenvalue weighted by molar-refractivity contribution is -0.128. The van der Waals surface area contributed by atoms with Crippen LogP contribution in [0.3, 0.4) is 0 Å². The summed E-state index contributed by atoms with van der Waals surface area (Å²) in [5.41, 5.74) is 2.07. The van der Waals surface area contributed by atoms with Gasteiger partial charge in [0, 0.05) is 19.3 Å². The molecule has 0 amide bonds. The van der Waals surface area contributed by atoms with Crippen molar-refractivity contribution in [1.82, 2.24) is 16.0 Å². The molecular formula is C39H54Cl3N3O3. The van der Waals surface area contributed by atoms with Crippen molar-refractivity contribution in [3.8, 4) is 0 Å². The summed E-state index contributed by atoms with van der Waals surface area (Å²) in [7, 11) is 5.66. The molecule has 3 atom stereocenters. The van der Waals surface area contributed by atoms with Gasteiger partial charge in [0.15, 0.2) is 17.3 Å². The van der Waals surface area contributed by atoms with Gasteiger partial charge < -0.3 is 16.0 Å². The lowest BCUT2D eigenvalue weighted by atomic mass is 9.76. The number of ketones is 3. The average molecular weight is 719 g/mol. The maximum Gasteiger partial charge on any atom is 0.157 e. The van der Waals surface area contributed by atoms with Gasteiger partial charge >= 0.3 is 0 Å². The SMILES string of the molecule is CNC1(c2ccccc2)CCCCC1=O.CN[C@@]1(c2ccccc2)CCCCC1=O.CN[C@]1(c2ccccc2)CCCCC1=O.Cl.Cl.Cl. The fourth-order valence-corrected chi connectivity index (χ4v) is 7.40. The van der Waals surface area contributed by atoms with E-state index in [0.717, 1.165) is 74.5 Å². The first-order valence-electron chi connectivity index (χ1n) is 16.7. The smallest absolute Gasteiger partial charge is 0.157 e. The van der Waals surface area contributed by atoms with Crippen LogP contribution in [-0.2, 0) is 31.0 Å². The standard InChI is InChI=1S/3C13H17NO.3ClH/c3*1-14-13(10-6-5-9-12(13)15)11-7-3-2-4-8-11;;;/h3*2-4,7-8,14H,5-6,9-10H2,1H3;3*1H/t2*13-;;;;/m10..../s1. The second kappa shape index (κ2) is 20.8. The average Bonchev–Trinajstić information content (AvgIpc) is 3.11. The van der Waals surface area contributed by atoms with Gasteiger partial charge in [0.25, 0.3) is 0 Å². The molecule has 3 aliphatic carbocycles. The molecule has 0 saturated heterocycles. The Bertz CT molecular complexity index is 1230. The summed E-state index contributed by atoms with van der Waals surface area (Å²) in [5.74, 6) is 1.01. The molecule has 0 aliphatic heterocycles. The van der Waals surface area contributed by atoms with Crippen molar-refractivity contribution in [2.45, 2.75) is 93.7 Å². The van der Waals surface area contributed by atoms with E-state index >= 15 is 0 Å². The van der Waals surface area contributed by atoms with Crippen LogP contribution < -0.4 is 16.0 Å². The normalized spacial score (nSPS) is 24.9. The van der Waals surface area contributed by atoms with E-state index in [1.165, 1.54) is 0 Å². The predicted molar refractivity (Wildman–Crippen MR) is 204 cm³/mol. The first-order chi connectivity index (χ1) is 21.9. The largest absolute Gasteiger partial charge is 0.304 e. The zero-order valence-electron chi connectivity index (χ0n) is 28.6. The van der Waals surface area contributed by atoms with Gasteiger partial charge in [-0.1, -0.05) is 110 Å². The molecule has 3 aromatic carbocycles. The van der Waals surface area contributed by atoms with Crippen LogP contribution in [-0.4, -0.2) is 38.5 Å². The molecular weight excluding hydrogens is 665 g/mol. The van der Waals surface area contributed by atoms with Gasteiger partial charge in [-0.05, 0) is 76.4 Å². The predicted octanol–water partition coefficient (Wildman–Crippen LogP) is 8.00. The van der Waals surface area contributed by atoms with E-state index in [1.807, 2.05) is 112 Å². The molecule has 0 spiro atoms. The molecule has 48 heavy (non-hydrogen) atoms. The summed E-state index contributed by atoms with van der Waals surface area (Å²) in [6.45, 7) is 0. The summed E-state index contributed by atoms with van der Waals surface area (Å²) in [4.78, 5) is 36.3. The van der Waals surface area contributed by atoms with Crippen LogP contribution in [0.5, 0.6) is 0 Å². The van der Waals surface area contributed by atoms with Crippen LogP contribution in [0.4, 0.5) is 0 Å². The second-order valence-electron chi connectivity index (χ2n) is 12.5. The lowest BCUT2D eigenvalue weighted by Crippen LogP contribution is -2.49. The van der Waals surface area contributed by atoms with Crippen LogP contribution in [0.15, 0.2) is 91.0 Å². The van der Waals surface area contributed by atoms with Gasteiger partial charge in [-0.25, -0.2) is 0 Å². The number of rotatable bonds is 6. The number of Topliss-reactive ketones (excluding diaryl/α,β-unsaturated/α-hetero) is 3. The van der Waals surface area contributed by atoms with Crippen molar-refractivity contribution in [3.63, 3.8) is 0 Å². The maximum absolute atomic E-state index is 12.1. The number of benzene rings is 3. The fraction of sp³-hybridized carbons (Fsp3) is 0.462. The molecule has 0 aromatic heterocycles. The van der Waals surface area contributed by atoms with E-state index in [1.54, 1.807) is 0 Å². The van der Waals surface area contributed by atoms with Crippen LogP contribution in [0.25, 0.3) is 0 Å². The number of hydrogen-bond acceptors (Lipinski definition) is 6. The highest BCUT2D eigenvalue weighted by atomic mass is 35.5. The molecule has 3 fully saturated rings. The van der Waals surface area contributed by atoms with Crippen molar-refractivity contribution < 1.29 is 14.4 Å². The number of likely N-dealkylation sites (N-methyl/N-ethyl adjacent to an activating group) is 3. The molecule has 0 radical (unpaired) electrons. The number of carbonyl (C=O) groups excluding carboxylic acids is 3. The van der Waals surface area contributed by atoms with Crippen molar-refractivity contribution >= 4 is 54.6 Å². The zero-order valence-corrected chi connectivity index (χ0v) is 31.0. The summed E-state index contributed by atoms with van der Waals surface area (Å²) in [5, 5.41) is 9.70. The Kier molecular flexibility index (Phi) is 18.8. The van der Waals surface area contributed by atoms with Gasteiger partial charge in [-0.2, -0.15) is 0 Å². The van der Waals surface area contributed by atoms with E-state index in [2.05, 4.69) is 16.0 Å². The van der Waals surface area contributed by atoms with Crippen molar-refractivity contribution in [2.24, 2.45) is 0 Å². The monoisotopic (exact) mass is 717 g/mol. The van der Waals surface area contributed by atoms with Crippen molar-refractivity contribution in [3.05, 3.63) is 108 Å². The van der Waals surface area contributed by atoms with Crippen LogP contribution >= 0.6 is 37.2 Å². The first-order valence-corrected chi connectivity index (χ1v) is 16.7. The molecule has 3 N–H and O–H groups in total. The van der Waals surface area contributed by atoms with Gasteiger partial charge in [0.05, 0.1) is 0 Å². The molecule has 6 rings (SSSR count). The van der Waals surface area contributed by atoms with Crippen LogP contribution in [0.1, 0.15) is 93.7 Å². The van der Waals surface area contributed by atoms with Gasteiger partial charge in [-0.3, -0.25) is 14.4 Å². The van der Waals surface area contributed by atoms with E-state index in [9.17, 15) is 14.4 Å². The number of halogens is 3. The Morgan fingerprint density at radius 2 is 0.625 bits per heavy atom. The number of nitrogens with one attached hydrogen (secondary N) is 3. The Morgan fingerprint density at radius 1 is 0.396 bits per heavy atom. The summed E-state index contributed by atoms with van der Waals surface area (Å²) in [6.07, 6.45) is 11.4. The molecule has 264 valence electrons. The molecule has 0 heterocycles. The minimum absolute atomic E-state index is 0. The highest BCUT2D eigenvalue weighted by Crippen LogP contribution is 2.36. The van der Waals surface area contributed by atoms with Gasteiger partial charge in [-0.15, -0.1) is 37.2 Å². The quantitative estimate of drug-likeness (QED) is 0.240. The third-order valence-corrected chi connectivity index (χ3v) is 10.1. The third kappa shape index (κ3) is 9.56. The fourth-order valence-electron chi connectivity index (χ4n) is 7.40. The van der Waals surface area contributed by atoms with E-state index in [0.29, 0.717) is 36.6 Å². The molecule has 3 aromatic rings. The Balaban J connectivity index is 0.000000349. The molecule has 0 bridgehead atoms. The van der Waals surface area contributed by atoms with Crippen LogP contribution in [0.2, 0.25) is 0 Å². The molecule has 3 aliphatic rings. The Hall–Kier alpha value is -2.58. The summed E-state index contributed by atoms with van der Waals surface area (Å²) < 4.78 is 0. The van der Waals surface area contributed by atoms with Gasteiger partial charge in [0.1, 0.15) is 16.6 Å². The van der Waals surface area contributed by atoms with Crippen LogP contribution in [0, 0.1) is 0 Å². The maximum atomic E-state index is 12.1. The highest BCUT2D eigenvalue weighted by molar-refractivity contribution is 5.91. The molecule has 9 heteroatoms. The number of hydrogen-bond donors (Lipinski definition) is 3. The third-order valence-electron chi connectivity index (χ3n) is 10.1. The first kappa shape index (κ1) is 43.4. The van der Waals surface area contributed by atoms with E-state index in [-0.39, 0.29) is 37.2 Å². The number of carbonyl (C=O) groups is 3. The zero-order chi connectivity index (χ0) is 32.2. The second-order valence-corrected chi connectivity index (χ2v) is 12.5. The molecule has 3 saturated carbocycles. The summed E-state index contributed by atoms with van der Waals surface area (Å²) >= 11 is 0. The van der Waals surface area contributed by atoms with Crippen molar-refractivity contribution in [2.75, 3.05) is 21.1 Å². The molecule has 6 nitrogen and oxygen atoms in total. The summed E-state index contributed by atoms with van der Waals surface area (Å²) in [6, 6.07) is 30.2.